The molecule has 0 bridgehead atoms. The second-order valence-corrected chi connectivity index (χ2v) is 9.49. The lowest BCUT2D eigenvalue weighted by Gasteiger charge is -2.18. The van der Waals surface area contributed by atoms with Crippen molar-refractivity contribution in [1.82, 2.24) is 10.3 Å². The number of carbonyl (C=O) groups excluding carboxylic acids is 1. The average molecular weight is 483 g/mol. The molecule has 0 fully saturated rings. The van der Waals surface area contributed by atoms with E-state index in [9.17, 15) is 14.7 Å². The van der Waals surface area contributed by atoms with Crippen LogP contribution >= 0.6 is 11.3 Å². The molecule has 0 aliphatic rings. The van der Waals surface area contributed by atoms with E-state index in [1.165, 1.54) is 11.3 Å². The largest absolute Gasteiger partial charge is 0.496 e. The van der Waals surface area contributed by atoms with Crippen molar-refractivity contribution in [3.05, 3.63) is 69.7 Å². The SMILES string of the molecule is COc1ccc(CC(OC(C)C)C(=O)O)cc1CNC(=O)c1nc(-c2ccccc2C)sc1C. The Morgan fingerprint density at radius 2 is 1.88 bits per heavy atom. The minimum atomic E-state index is -1.01. The summed E-state index contributed by atoms with van der Waals surface area (Å²) in [5.74, 6) is -0.674. The number of aromatic nitrogens is 1. The van der Waals surface area contributed by atoms with Crippen LogP contribution in [0.2, 0.25) is 0 Å². The first kappa shape index (κ1) is 25.4. The van der Waals surface area contributed by atoms with Crippen molar-refractivity contribution in [2.75, 3.05) is 7.11 Å². The third kappa shape index (κ3) is 6.21. The van der Waals surface area contributed by atoms with Gasteiger partial charge >= 0.3 is 5.97 Å². The number of thiazole rings is 1. The Kier molecular flexibility index (Phi) is 8.41. The Morgan fingerprint density at radius 1 is 1.15 bits per heavy atom. The highest BCUT2D eigenvalue weighted by molar-refractivity contribution is 7.15. The molecule has 1 heterocycles. The molecule has 7 nitrogen and oxygen atoms in total. The Hall–Kier alpha value is -3.23. The topological polar surface area (TPSA) is 97.8 Å². The number of hydrogen-bond donors (Lipinski definition) is 2. The highest BCUT2D eigenvalue weighted by Gasteiger charge is 2.21. The van der Waals surface area contributed by atoms with Gasteiger partial charge in [0, 0.05) is 29.0 Å². The van der Waals surface area contributed by atoms with Gasteiger partial charge < -0.3 is 19.9 Å². The molecule has 1 atom stereocenters. The van der Waals surface area contributed by atoms with E-state index in [4.69, 9.17) is 9.47 Å². The van der Waals surface area contributed by atoms with Crippen molar-refractivity contribution < 1.29 is 24.2 Å². The molecule has 0 radical (unpaired) electrons. The van der Waals surface area contributed by atoms with Gasteiger partial charge in [-0.25, -0.2) is 9.78 Å². The number of nitrogens with zero attached hydrogens (tertiary/aromatic N) is 1. The summed E-state index contributed by atoms with van der Waals surface area (Å²) in [6.07, 6.45) is -0.943. The van der Waals surface area contributed by atoms with Gasteiger partial charge in [0.1, 0.15) is 16.5 Å². The molecule has 1 aromatic heterocycles. The molecule has 3 rings (SSSR count). The lowest BCUT2D eigenvalue weighted by atomic mass is 10.0. The Balaban J connectivity index is 1.76. The fraction of sp³-hybridized carbons (Fsp3) is 0.346. The average Bonchev–Trinajstić information content (AvgIpc) is 3.18. The van der Waals surface area contributed by atoms with E-state index >= 15 is 0 Å². The van der Waals surface area contributed by atoms with Crippen LogP contribution in [0.5, 0.6) is 5.75 Å². The summed E-state index contributed by atoms with van der Waals surface area (Å²) in [5.41, 5.74) is 4.04. The number of carboxylic acid groups (broad SMARTS) is 1. The van der Waals surface area contributed by atoms with Crippen LogP contribution in [0.4, 0.5) is 0 Å². The van der Waals surface area contributed by atoms with Crippen molar-refractivity contribution in [2.24, 2.45) is 0 Å². The van der Waals surface area contributed by atoms with Gasteiger partial charge in [-0.15, -0.1) is 11.3 Å². The van der Waals surface area contributed by atoms with Crippen LogP contribution < -0.4 is 10.1 Å². The minimum absolute atomic E-state index is 0.205. The van der Waals surface area contributed by atoms with Crippen molar-refractivity contribution >= 4 is 23.2 Å². The molecular weight excluding hydrogens is 452 g/mol. The third-order valence-corrected chi connectivity index (χ3v) is 6.31. The van der Waals surface area contributed by atoms with Gasteiger partial charge in [0.25, 0.3) is 5.91 Å². The molecular formula is C26H30N2O5S. The monoisotopic (exact) mass is 482 g/mol. The fourth-order valence-corrected chi connectivity index (χ4v) is 4.63. The zero-order valence-electron chi connectivity index (χ0n) is 20.0. The van der Waals surface area contributed by atoms with E-state index in [1.54, 1.807) is 27.0 Å². The number of aryl methyl sites for hydroxylation is 2. The maximum atomic E-state index is 12.9. The molecule has 0 spiro atoms. The quantitative estimate of drug-likeness (QED) is 0.431. The van der Waals surface area contributed by atoms with E-state index in [2.05, 4.69) is 10.3 Å². The predicted molar refractivity (Wildman–Crippen MR) is 133 cm³/mol. The first-order valence-electron chi connectivity index (χ1n) is 11.0. The molecule has 34 heavy (non-hydrogen) atoms. The lowest BCUT2D eigenvalue weighted by Crippen LogP contribution is -2.29. The summed E-state index contributed by atoms with van der Waals surface area (Å²) < 4.78 is 11.0. The minimum Gasteiger partial charge on any atom is -0.496 e. The number of aliphatic carboxylic acids is 1. The summed E-state index contributed by atoms with van der Waals surface area (Å²) in [7, 11) is 1.56. The van der Waals surface area contributed by atoms with Crippen LogP contribution in [0.1, 0.15) is 45.9 Å². The Bertz CT molecular complexity index is 1170. The molecule has 8 heteroatoms. The number of ether oxygens (including phenoxy) is 2. The van der Waals surface area contributed by atoms with Gasteiger partial charge in [-0.1, -0.05) is 36.4 Å². The highest BCUT2D eigenvalue weighted by atomic mass is 32.1. The van der Waals surface area contributed by atoms with Crippen molar-refractivity contribution in [2.45, 2.75) is 52.9 Å². The van der Waals surface area contributed by atoms with Crippen molar-refractivity contribution in [1.29, 1.82) is 0 Å². The zero-order valence-corrected chi connectivity index (χ0v) is 20.9. The zero-order chi connectivity index (χ0) is 24.8. The first-order valence-corrected chi connectivity index (χ1v) is 11.9. The number of nitrogens with one attached hydrogen (secondary N) is 1. The van der Waals surface area contributed by atoms with Crippen molar-refractivity contribution in [3.8, 4) is 16.3 Å². The standard InChI is InChI=1S/C26H30N2O5S/c1-15(2)33-22(26(30)31)13-18-10-11-21(32-5)19(12-18)14-27-24(29)23-17(4)34-25(28-23)20-9-7-6-8-16(20)3/h6-12,15,22H,13-14H2,1-5H3,(H,27,29)(H,30,31). The number of carbonyl (C=O) groups is 2. The van der Waals surface area contributed by atoms with Crippen LogP contribution in [0.25, 0.3) is 10.6 Å². The summed E-state index contributed by atoms with van der Waals surface area (Å²) in [6, 6.07) is 13.4. The predicted octanol–water partition coefficient (Wildman–Crippen LogP) is 4.79. The lowest BCUT2D eigenvalue weighted by molar-refractivity contribution is -0.153. The molecule has 1 unspecified atom stereocenters. The van der Waals surface area contributed by atoms with E-state index in [-0.39, 0.29) is 25.0 Å². The molecule has 180 valence electrons. The Labute approximate surface area is 203 Å². The van der Waals surface area contributed by atoms with Crippen LogP contribution in [0.15, 0.2) is 42.5 Å². The highest BCUT2D eigenvalue weighted by Crippen LogP contribution is 2.30. The summed E-state index contributed by atoms with van der Waals surface area (Å²) in [6.45, 7) is 7.73. The molecule has 0 aliphatic carbocycles. The third-order valence-electron chi connectivity index (χ3n) is 5.30. The normalized spacial score (nSPS) is 11.9. The van der Waals surface area contributed by atoms with Gasteiger partial charge in [0.05, 0.1) is 13.2 Å². The van der Waals surface area contributed by atoms with Crippen LogP contribution in [-0.4, -0.2) is 41.3 Å². The summed E-state index contributed by atoms with van der Waals surface area (Å²) in [5, 5.41) is 13.2. The number of benzene rings is 2. The molecule has 0 aliphatic heterocycles. The Morgan fingerprint density at radius 3 is 2.53 bits per heavy atom. The van der Waals surface area contributed by atoms with Gasteiger partial charge in [-0.2, -0.15) is 0 Å². The second kappa shape index (κ2) is 11.3. The van der Waals surface area contributed by atoms with E-state index in [0.29, 0.717) is 11.4 Å². The summed E-state index contributed by atoms with van der Waals surface area (Å²) in [4.78, 5) is 29.9. The van der Waals surface area contributed by atoms with Crippen molar-refractivity contribution in [3.63, 3.8) is 0 Å². The number of rotatable bonds is 10. The smallest absolute Gasteiger partial charge is 0.333 e. The molecule has 1 amide bonds. The fourth-order valence-electron chi connectivity index (χ4n) is 3.63. The maximum Gasteiger partial charge on any atom is 0.333 e. The number of carboxylic acids is 1. The molecule has 2 N–H and O–H groups in total. The maximum absolute atomic E-state index is 12.9. The van der Waals surface area contributed by atoms with Gasteiger partial charge in [-0.05, 0) is 44.9 Å². The van der Waals surface area contributed by atoms with E-state index in [1.807, 2.05) is 50.2 Å². The van der Waals surface area contributed by atoms with Crippen LogP contribution in [0.3, 0.4) is 0 Å². The molecule has 3 aromatic rings. The first-order chi connectivity index (χ1) is 16.2. The van der Waals surface area contributed by atoms with Gasteiger partial charge in [0.2, 0.25) is 0 Å². The number of amides is 1. The van der Waals surface area contributed by atoms with Gasteiger partial charge in [-0.3, -0.25) is 4.79 Å². The van der Waals surface area contributed by atoms with E-state index in [0.717, 1.165) is 32.1 Å². The van der Waals surface area contributed by atoms with Crippen LogP contribution in [0, 0.1) is 13.8 Å². The summed E-state index contributed by atoms with van der Waals surface area (Å²) >= 11 is 1.49. The van der Waals surface area contributed by atoms with E-state index < -0.39 is 12.1 Å². The number of methoxy groups -OCH3 is 1. The molecule has 2 aromatic carbocycles. The van der Waals surface area contributed by atoms with Gasteiger partial charge in [0.15, 0.2) is 6.10 Å². The number of hydrogen-bond acceptors (Lipinski definition) is 6. The second-order valence-electron chi connectivity index (χ2n) is 8.28. The molecule has 0 saturated carbocycles. The van der Waals surface area contributed by atoms with Crippen LogP contribution in [-0.2, 0) is 22.5 Å². The molecule has 0 saturated heterocycles.